The number of fused-ring (bicyclic) bond motifs is 1. The number of nitrogens with one attached hydrogen (secondary N) is 3. The van der Waals surface area contributed by atoms with Gasteiger partial charge in [-0.05, 0) is 48.8 Å². The number of H-pyrrole nitrogens is 1. The first-order chi connectivity index (χ1) is 18.4. The molecule has 5 rings (SSSR count). The molecular weight excluding hydrogens is 513 g/mol. The summed E-state index contributed by atoms with van der Waals surface area (Å²) in [7, 11) is 0. The van der Waals surface area contributed by atoms with Gasteiger partial charge >= 0.3 is 11.9 Å². The van der Waals surface area contributed by atoms with E-state index in [1.807, 2.05) is 4.57 Å². The van der Waals surface area contributed by atoms with Crippen molar-refractivity contribution in [1.29, 1.82) is 0 Å². The number of benzene rings is 1. The smallest absolute Gasteiger partial charge is 0.365 e. The van der Waals surface area contributed by atoms with Gasteiger partial charge in [-0.15, -0.1) is 0 Å². The minimum Gasteiger partial charge on any atom is -0.365 e. The van der Waals surface area contributed by atoms with E-state index < -0.39 is 17.5 Å². The highest BCUT2D eigenvalue weighted by molar-refractivity contribution is 5.87. The normalized spacial score (nSPS) is 15.4. The Morgan fingerprint density at radius 1 is 1.13 bits per heavy atom. The summed E-state index contributed by atoms with van der Waals surface area (Å²) < 4.78 is 46.0. The fourth-order valence-electron chi connectivity index (χ4n) is 4.46. The molecule has 39 heavy (non-hydrogen) atoms. The maximum Gasteiger partial charge on any atom is 0.439 e. The van der Waals surface area contributed by atoms with Crippen molar-refractivity contribution in [3.63, 3.8) is 0 Å². The molecule has 1 atom stereocenters. The Labute approximate surface area is 222 Å². The molecule has 0 aliphatic heterocycles. The molecule has 0 spiro atoms. The van der Waals surface area contributed by atoms with Gasteiger partial charge in [0.15, 0.2) is 11.5 Å². The third-order valence-corrected chi connectivity index (χ3v) is 6.88. The van der Waals surface area contributed by atoms with Gasteiger partial charge in [-0.3, -0.25) is 9.51 Å². The van der Waals surface area contributed by atoms with Crippen molar-refractivity contribution in [2.45, 2.75) is 65.7 Å². The standard InChI is InChI=1S/C26H31F3N8O2/c1-14(16-6-5-7-16)31-19-18-20(33-21(32-19)22-35-24(38)39-36-22)34-23(30-13-25(2,3)4)37(18)12-15-8-10-17(11-9-15)26(27,28)29/h8-11,14,16H,5-7,12-13H2,1-4H3,(H,35,36,38)(H2,30,31,32,33,34)/t14-/m1/s1. The minimum absolute atomic E-state index is 0.0720. The van der Waals surface area contributed by atoms with Crippen molar-refractivity contribution < 1.29 is 17.7 Å². The summed E-state index contributed by atoms with van der Waals surface area (Å²) in [5.74, 6) is 0.947. The number of imidazole rings is 1. The lowest BCUT2D eigenvalue weighted by molar-refractivity contribution is -0.137. The number of hydrogen-bond donors (Lipinski definition) is 3. The summed E-state index contributed by atoms with van der Waals surface area (Å²) in [6.07, 6.45) is -1.03. The van der Waals surface area contributed by atoms with Crippen LogP contribution in [0.4, 0.5) is 24.9 Å². The van der Waals surface area contributed by atoms with E-state index in [1.165, 1.54) is 18.6 Å². The molecular formula is C26H31F3N8O2. The van der Waals surface area contributed by atoms with Crippen molar-refractivity contribution in [2.75, 3.05) is 17.2 Å². The van der Waals surface area contributed by atoms with Gasteiger partial charge in [-0.2, -0.15) is 18.2 Å². The van der Waals surface area contributed by atoms with E-state index in [0.717, 1.165) is 25.0 Å². The quantitative estimate of drug-likeness (QED) is 0.273. The Morgan fingerprint density at radius 2 is 1.85 bits per heavy atom. The van der Waals surface area contributed by atoms with Crippen LogP contribution in [0.1, 0.15) is 58.1 Å². The first-order valence-electron chi connectivity index (χ1n) is 12.9. The zero-order chi connectivity index (χ0) is 27.9. The molecule has 3 N–H and O–H groups in total. The molecule has 13 heteroatoms. The van der Waals surface area contributed by atoms with Gasteiger partial charge < -0.3 is 15.2 Å². The Morgan fingerprint density at radius 3 is 2.41 bits per heavy atom. The van der Waals surface area contributed by atoms with Crippen molar-refractivity contribution in [1.82, 2.24) is 29.7 Å². The molecule has 0 saturated heterocycles. The van der Waals surface area contributed by atoms with Crippen molar-refractivity contribution in [3.8, 4) is 11.6 Å². The lowest BCUT2D eigenvalue weighted by Gasteiger charge is -2.32. The van der Waals surface area contributed by atoms with Crippen LogP contribution in [0.15, 0.2) is 33.6 Å². The summed E-state index contributed by atoms with van der Waals surface area (Å²) in [5.41, 5.74) is 0.805. The lowest BCUT2D eigenvalue weighted by atomic mass is 9.80. The Hall–Kier alpha value is -3.90. The van der Waals surface area contributed by atoms with Crippen LogP contribution in [0.3, 0.4) is 0 Å². The third kappa shape index (κ3) is 5.91. The van der Waals surface area contributed by atoms with E-state index in [4.69, 9.17) is 4.98 Å². The van der Waals surface area contributed by atoms with Crippen LogP contribution in [0, 0.1) is 11.3 Å². The molecule has 3 heterocycles. The first-order valence-corrected chi connectivity index (χ1v) is 12.9. The van der Waals surface area contributed by atoms with E-state index >= 15 is 0 Å². The molecule has 1 saturated carbocycles. The van der Waals surface area contributed by atoms with Crippen LogP contribution in [0.2, 0.25) is 0 Å². The Bertz CT molecular complexity index is 1510. The fraction of sp³-hybridized carbons (Fsp3) is 0.500. The van der Waals surface area contributed by atoms with Gasteiger partial charge in [-0.25, -0.2) is 14.8 Å². The Balaban J connectivity index is 1.63. The molecule has 3 aromatic heterocycles. The number of rotatable bonds is 8. The van der Waals surface area contributed by atoms with Crippen LogP contribution in [0.5, 0.6) is 0 Å². The molecule has 0 radical (unpaired) electrons. The Kier molecular flexibility index (Phi) is 6.85. The van der Waals surface area contributed by atoms with Gasteiger partial charge in [0.25, 0.3) is 0 Å². The van der Waals surface area contributed by atoms with Crippen LogP contribution < -0.4 is 16.4 Å². The van der Waals surface area contributed by atoms with Crippen molar-refractivity contribution in [3.05, 3.63) is 45.9 Å². The second-order valence-corrected chi connectivity index (χ2v) is 11.3. The van der Waals surface area contributed by atoms with Crippen LogP contribution in [-0.2, 0) is 12.7 Å². The zero-order valence-corrected chi connectivity index (χ0v) is 22.2. The number of nitrogens with zero attached hydrogens (tertiary/aromatic N) is 5. The average Bonchev–Trinajstić information content (AvgIpc) is 3.39. The predicted octanol–water partition coefficient (Wildman–Crippen LogP) is 5.30. The first kappa shape index (κ1) is 26.7. The van der Waals surface area contributed by atoms with Gasteiger partial charge in [-0.1, -0.05) is 44.5 Å². The number of anilines is 2. The van der Waals surface area contributed by atoms with Crippen LogP contribution >= 0.6 is 0 Å². The van der Waals surface area contributed by atoms with Gasteiger partial charge in [0, 0.05) is 12.6 Å². The van der Waals surface area contributed by atoms with Crippen molar-refractivity contribution in [2.24, 2.45) is 11.3 Å². The third-order valence-electron chi connectivity index (χ3n) is 6.88. The molecule has 0 unspecified atom stereocenters. The summed E-state index contributed by atoms with van der Waals surface area (Å²) >= 11 is 0. The summed E-state index contributed by atoms with van der Waals surface area (Å²) in [6, 6.07) is 5.17. The molecule has 1 aliphatic rings. The summed E-state index contributed by atoms with van der Waals surface area (Å²) in [6.45, 7) is 9.14. The molecule has 1 fully saturated rings. The molecule has 0 bridgehead atoms. The van der Waals surface area contributed by atoms with E-state index in [0.29, 0.717) is 41.0 Å². The maximum atomic E-state index is 13.2. The van der Waals surface area contributed by atoms with Gasteiger partial charge in [0.2, 0.25) is 17.6 Å². The average molecular weight is 545 g/mol. The highest BCUT2D eigenvalue weighted by Gasteiger charge is 2.30. The largest absolute Gasteiger partial charge is 0.439 e. The highest BCUT2D eigenvalue weighted by Crippen LogP contribution is 2.34. The molecule has 1 aromatic carbocycles. The molecule has 0 amide bonds. The molecule has 4 aromatic rings. The number of halogens is 3. The van der Waals surface area contributed by atoms with E-state index in [2.05, 4.69) is 63.0 Å². The number of hydrogen-bond acceptors (Lipinski definition) is 8. The second kappa shape index (κ2) is 10.0. The minimum atomic E-state index is -4.42. The number of aromatic nitrogens is 6. The maximum absolute atomic E-state index is 13.2. The fourth-order valence-corrected chi connectivity index (χ4v) is 4.46. The SMILES string of the molecule is C[C@@H](Nc1nc(-c2noc(=O)[nH]2)nc2nc(NCC(C)(C)C)n(Cc3ccc(C(F)(F)F)cc3)c12)C1CCC1. The summed E-state index contributed by atoms with van der Waals surface area (Å²) in [4.78, 5) is 28.1. The van der Waals surface area contributed by atoms with E-state index in [-0.39, 0.29) is 29.7 Å². The highest BCUT2D eigenvalue weighted by atomic mass is 19.4. The number of alkyl halides is 3. The monoisotopic (exact) mass is 544 g/mol. The lowest BCUT2D eigenvalue weighted by Crippen LogP contribution is -2.31. The topological polar surface area (TPSA) is 127 Å². The van der Waals surface area contributed by atoms with Gasteiger partial charge in [0.05, 0.1) is 12.1 Å². The van der Waals surface area contributed by atoms with Crippen LogP contribution in [-0.4, -0.2) is 42.2 Å². The summed E-state index contributed by atoms with van der Waals surface area (Å²) in [5, 5.41) is 10.6. The zero-order valence-electron chi connectivity index (χ0n) is 22.2. The molecule has 208 valence electrons. The van der Waals surface area contributed by atoms with Crippen molar-refractivity contribution >= 4 is 22.9 Å². The molecule has 10 nitrogen and oxygen atoms in total. The number of aromatic amines is 1. The predicted molar refractivity (Wildman–Crippen MR) is 140 cm³/mol. The van der Waals surface area contributed by atoms with Crippen LogP contribution in [0.25, 0.3) is 22.8 Å². The van der Waals surface area contributed by atoms with Gasteiger partial charge in [0.1, 0.15) is 5.52 Å². The second-order valence-electron chi connectivity index (χ2n) is 11.3. The van der Waals surface area contributed by atoms with E-state index in [1.54, 1.807) is 0 Å². The molecule has 1 aliphatic carbocycles. The van der Waals surface area contributed by atoms with E-state index in [9.17, 15) is 18.0 Å².